The molecule has 1 unspecified atom stereocenters. The Balaban J connectivity index is 2.28. The number of hydrogen-bond acceptors (Lipinski definition) is 4. The van der Waals surface area contributed by atoms with E-state index in [-0.39, 0.29) is 10.7 Å². The Kier molecular flexibility index (Phi) is 3.63. The first-order valence-electron chi connectivity index (χ1n) is 4.99. The second-order valence-corrected chi connectivity index (χ2v) is 5.86. The normalized spacial score (nSPS) is 12.4. The van der Waals surface area contributed by atoms with Gasteiger partial charge < -0.3 is 10.1 Å². The number of aromatic nitrogens is 1. The molecule has 0 saturated carbocycles. The van der Waals surface area contributed by atoms with Gasteiger partial charge in [0.25, 0.3) is 0 Å². The summed E-state index contributed by atoms with van der Waals surface area (Å²) in [6.07, 6.45) is 0. The topological polar surface area (TPSA) is 51.2 Å². The number of thiazole rings is 1. The first-order valence-corrected chi connectivity index (χ1v) is 6.73. The minimum absolute atomic E-state index is 0.101. The number of carbonyl (C=O) groups excluding carboxylic acids is 1. The summed E-state index contributed by atoms with van der Waals surface area (Å²) in [5, 5.41) is 3.35. The number of rotatable bonds is 3. The third kappa shape index (κ3) is 2.76. The van der Waals surface area contributed by atoms with Crippen LogP contribution in [0.4, 0.5) is 5.13 Å². The Labute approximate surface area is 111 Å². The number of ether oxygens (including phenoxy) is 1. The number of fused-ring (bicyclic) bond motifs is 1. The molecular weight excluding hydrogens is 304 g/mol. The van der Waals surface area contributed by atoms with E-state index >= 15 is 0 Å². The van der Waals surface area contributed by atoms with Crippen molar-refractivity contribution >= 4 is 48.5 Å². The molecule has 0 spiro atoms. The van der Waals surface area contributed by atoms with E-state index in [0.29, 0.717) is 5.13 Å². The van der Waals surface area contributed by atoms with Crippen molar-refractivity contribution in [2.45, 2.75) is 11.8 Å². The molecule has 4 nitrogen and oxygen atoms in total. The van der Waals surface area contributed by atoms with Gasteiger partial charge in [0.15, 0.2) is 5.13 Å². The maximum absolute atomic E-state index is 11.5. The summed E-state index contributed by atoms with van der Waals surface area (Å²) in [5.74, 6) is 0.684. The molecule has 1 aromatic heterocycles. The Bertz CT molecular complexity index is 553. The molecule has 2 rings (SSSR count). The maximum Gasteiger partial charge on any atom is 0.239 e. The van der Waals surface area contributed by atoms with Crippen LogP contribution in [0.2, 0.25) is 0 Å². The predicted octanol–water partition coefficient (Wildman–Crippen LogP) is 3.03. The monoisotopic (exact) mass is 314 g/mol. The largest absolute Gasteiger partial charge is 0.497 e. The molecule has 2 aromatic rings. The third-order valence-electron chi connectivity index (χ3n) is 2.19. The number of alkyl halides is 1. The average molecular weight is 315 g/mol. The highest BCUT2D eigenvalue weighted by Gasteiger charge is 2.12. The molecule has 17 heavy (non-hydrogen) atoms. The summed E-state index contributed by atoms with van der Waals surface area (Å²) >= 11 is 4.64. The van der Waals surface area contributed by atoms with E-state index < -0.39 is 0 Å². The van der Waals surface area contributed by atoms with Gasteiger partial charge in [-0.2, -0.15) is 0 Å². The molecular formula is C11H11BrN2O2S. The number of nitrogens with zero attached hydrogens (tertiary/aromatic N) is 1. The van der Waals surface area contributed by atoms with Gasteiger partial charge in [-0.1, -0.05) is 27.3 Å². The Morgan fingerprint density at radius 3 is 3.00 bits per heavy atom. The van der Waals surface area contributed by atoms with Crippen LogP contribution in [0.5, 0.6) is 5.75 Å². The molecule has 6 heteroatoms. The molecule has 0 aliphatic heterocycles. The molecule has 1 aromatic carbocycles. The van der Waals surface area contributed by atoms with Crippen LogP contribution in [-0.4, -0.2) is 22.8 Å². The lowest BCUT2D eigenvalue weighted by Gasteiger charge is -2.01. The van der Waals surface area contributed by atoms with Gasteiger partial charge in [0.2, 0.25) is 5.91 Å². The van der Waals surface area contributed by atoms with E-state index in [4.69, 9.17) is 4.74 Å². The summed E-state index contributed by atoms with van der Waals surface area (Å²) in [7, 11) is 1.62. The fourth-order valence-electron chi connectivity index (χ4n) is 1.29. The number of carbonyl (C=O) groups is 1. The van der Waals surface area contributed by atoms with Gasteiger partial charge in [-0.25, -0.2) is 4.98 Å². The summed E-state index contributed by atoms with van der Waals surface area (Å²) in [6, 6.07) is 5.62. The molecule has 0 saturated heterocycles. The van der Waals surface area contributed by atoms with Crippen LogP contribution in [-0.2, 0) is 4.79 Å². The summed E-state index contributed by atoms with van der Waals surface area (Å²) in [5.41, 5.74) is 0.855. The average Bonchev–Trinajstić information content (AvgIpc) is 2.69. The van der Waals surface area contributed by atoms with Crippen molar-refractivity contribution in [3.63, 3.8) is 0 Å². The maximum atomic E-state index is 11.5. The highest BCUT2D eigenvalue weighted by atomic mass is 79.9. The van der Waals surface area contributed by atoms with E-state index in [1.54, 1.807) is 14.0 Å². The minimum atomic E-state index is -0.232. The van der Waals surface area contributed by atoms with Crippen LogP contribution in [0.1, 0.15) is 6.92 Å². The Hall–Kier alpha value is -1.14. The fraction of sp³-hybridized carbons (Fsp3) is 0.273. The van der Waals surface area contributed by atoms with Crippen LogP contribution in [0.3, 0.4) is 0 Å². The van der Waals surface area contributed by atoms with Crippen LogP contribution >= 0.6 is 27.3 Å². The zero-order valence-electron chi connectivity index (χ0n) is 9.36. The molecule has 0 aliphatic rings. The number of nitrogens with one attached hydrogen (secondary N) is 1. The Morgan fingerprint density at radius 1 is 1.59 bits per heavy atom. The molecule has 90 valence electrons. The van der Waals surface area contributed by atoms with Crippen molar-refractivity contribution in [3.8, 4) is 5.75 Å². The lowest BCUT2D eigenvalue weighted by atomic mass is 10.3. The first-order chi connectivity index (χ1) is 8.10. The standard InChI is InChI=1S/C11H11BrN2O2S/c1-6(12)10(15)14-11-13-8-4-3-7(16-2)5-9(8)17-11/h3-6H,1-2H3,(H,13,14,15). The number of hydrogen-bond donors (Lipinski definition) is 1. The summed E-state index contributed by atoms with van der Waals surface area (Å²) in [6.45, 7) is 1.77. The molecule has 0 aliphatic carbocycles. The van der Waals surface area contributed by atoms with E-state index in [1.807, 2.05) is 18.2 Å². The van der Waals surface area contributed by atoms with Crippen molar-refractivity contribution in [2.75, 3.05) is 12.4 Å². The number of amides is 1. The van der Waals surface area contributed by atoms with Gasteiger partial charge in [-0.05, 0) is 25.1 Å². The van der Waals surface area contributed by atoms with Crippen LogP contribution in [0.15, 0.2) is 18.2 Å². The van der Waals surface area contributed by atoms with E-state index in [1.165, 1.54) is 11.3 Å². The van der Waals surface area contributed by atoms with Crippen LogP contribution in [0.25, 0.3) is 10.2 Å². The molecule has 0 fully saturated rings. The summed E-state index contributed by atoms with van der Waals surface area (Å²) < 4.78 is 6.12. The molecule has 1 atom stereocenters. The number of benzene rings is 1. The van der Waals surface area contributed by atoms with E-state index in [0.717, 1.165) is 16.0 Å². The van der Waals surface area contributed by atoms with Crippen LogP contribution < -0.4 is 10.1 Å². The van der Waals surface area contributed by atoms with Gasteiger partial charge in [0, 0.05) is 0 Å². The number of methoxy groups -OCH3 is 1. The highest BCUT2D eigenvalue weighted by Crippen LogP contribution is 2.29. The lowest BCUT2D eigenvalue weighted by Crippen LogP contribution is -2.19. The van der Waals surface area contributed by atoms with Crippen molar-refractivity contribution in [3.05, 3.63) is 18.2 Å². The smallest absolute Gasteiger partial charge is 0.239 e. The molecule has 0 radical (unpaired) electrons. The second kappa shape index (κ2) is 5.01. The van der Waals surface area contributed by atoms with E-state index in [2.05, 4.69) is 26.2 Å². The van der Waals surface area contributed by atoms with Gasteiger partial charge >= 0.3 is 0 Å². The fourth-order valence-corrected chi connectivity index (χ4v) is 2.30. The van der Waals surface area contributed by atoms with Gasteiger partial charge in [0.05, 0.1) is 22.2 Å². The SMILES string of the molecule is COc1ccc2nc(NC(=O)C(C)Br)sc2c1. The van der Waals surface area contributed by atoms with Crippen molar-refractivity contribution in [2.24, 2.45) is 0 Å². The quantitative estimate of drug-likeness (QED) is 0.886. The number of anilines is 1. The zero-order chi connectivity index (χ0) is 12.4. The third-order valence-corrected chi connectivity index (χ3v) is 3.54. The molecule has 1 N–H and O–H groups in total. The van der Waals surface area contributed by atoms with Crippen LogP contribution in [0, 0.1) is 0 Å². The molecule has 1 heterocycles. The van der Waals surface area contributed by atoms with Crippen molar-refractivity contribution < 1.29 is 9.53 Å². The van der Waals surface area contributed by atoms with Gasteiger partial charge in [0.1, 0.15) is 5.75 Å². The predicted molar refractivity (Wildman–Crippen MR) is 73.2 cm³/mol. The van der Waals surface area contributed by atoms with E-state index in [9.17, 15) is 4.79 Å². The number of halogens is 1. The molecule has 1 amide bonds. The van der Waals surface area contributed by atoms with Gasteiger partial charge in [-0.3, -0.25) is 4.79 Å². The first kappa shape index (κ1) is 12.3. The minimum Gasteiger partial charge on any atom is -0.497 e. The Morgan fingerprint density at radius 2 is 2.35 bits per heavy atom. The zero-order valence-corrected chi connectivity index (χ0v) is 11.8. The highest BCUT2D eigenvalue weighted by molar-refractivity contribution is 9.10. The second-order valence-electron chi connectivity index (χ2n) is 3.46. The lowest BCUT2D eigenvalue weighted by molar-refractivity contribution is -0.115. The van der Waals surface area contributed by atoms with Gasteiger partial charge in [-0.15, -0.1) is 0 Å². The molecule has 0 bridgehead atoms. The summed E-state index contributed by atoms with van der Waals surface area (Å²) in [4.78, 5) is 15.6. The van der Waals surface area contributed by atoms with Crippen molar-refractivity contribution in [1.29, 1.82) is 0 Å². The van der Waals surface area contributed by atoms with Crippen molar-refractivity contribution in [1.82, 2.24) is 4.98 Å².